The fraction of sp³-hybridized carbons (Fsp3) is 0.267. The van der Waals surface area contributed by atoms with Crippen molar-refractivity contribution in [2.24, 2.45) is 0 Å². The number of carbonyl (C=O) groups excluding carboxylic acids is 1. The van der Waals surface area contributed by atoms with E-state index in [-0.39, 0.29) is 25.2 Å². The molecule has 0 fully saturated rings. The zero-order valence-corrected chi connectivity index (χ0v) is 12.2. The van der Waals surface area contributed by atoms with Crippen LogP contribution in [0, 0.1) is 0 Å². The second-order valence-electron chi connectivity index (χ2n) is 4.23. The van der Waals surface area contributed by atoms with E-state index in [4.69, 9.17) is 14.3 Å². The highest BCUT2D eigenvalue weighted by Gasteiger charge is 2.13. The van der Waals surface area contributed by atoms with E-state index in [0.29, 0.717) is 6.54 Å². The number of furan rings is 1. The van der Waals surface area contributed by atoms with Crippen molar-refractivity contribution in [2.75, 3.05) is 19.8 Å². The average Bonchev–Trinajstić information content (AvgIpc) is 3.18. The monoisotopic (exact) mass is 307 g/mol. The summed E-state index contributed by atoms with van der Waals surface area (Å²) in [5, 5.41) is 13.6. The van der Waals surface area contributed by atoms with Crippen LogP contribution in [0.4, 0.5) is 0 Å². The predicted molar refractivity (Wildman–Crippen MR) is 80.8 cm³/mol. The van der Waals surface area contributed by atoms with Gasteiger partial charge < -0.3 is 19.6 Å². The maximum atomic E-state index is 11.8. The molecule has 0 spiro atoms. The van der Waals surface area contributed by atoms with Gasteiger partial charge in [-0.25, -0.2) is 0 Å². The van der Waals surface area contributed by atoms with Crippen LogP contribution in [0.25, 0.3) is 6.08 Å². The Labute approximate surface area is 126 Å². The van der Waals surface area contributed by atoms with E-state index in [1.165, 1.54) is 6.08 Å². The Balaban J connectivity index is 1.84. The zero-order chi connectivity index (χ0) is 14.9. The molecule has 112 valence electrons. The largest absolute Gasteiger partial charge is 0.472 e. The molecular weight excluding hydrogens is 290 g/mol. The van der Waals surface area contributed by atoms with Gasteiger partial charge in [-0.1, -0.05) is 6.07 Å². The summed E-state index contributed by atoms with van der Waals surface area (Å²) >= 11 is 1.56. The second kappa shape index (κ2) is 8.41. The Morgan fingerprint density at radius 3 is 3.10 bits per heavy atom. The van der Waals surface area contributed by atoms with Gasteiger partial charge in [0.25, 0.3) is 0 Å². The number of hydrogen-bond donors (Lipinski definition) is 2. The summed E-state index contributed by atoms with van der Waals surface area (Å²) in [7, 11) is 0. The molecule has 2 heterocycles. The molecule has 6 heteroatoms. The number of aliphatic hydroxyl groups excluding tert-OH is 1. The molecule has 2 aromatic rings. The molecule has 5 nitrogen and oxygen atoms in total. The third-order valence-corrected chi connectivity index (χ3v) is 3.67. The Morgan fingerprint density at radius 1 is 1.52 bits per heavy atom. The molecular formula is C15H17NO4S. The van der Waals surface area contributed by atoms with Crippen LogP contribution in [-0.2, 0) is 9.53 Å². The normalized spacial score (nSPS) is 12.6. The molecule has 2 rings (SSSR count). The first-order valence-electron chi connectivity index (χ1n) is 6.53. The first-order valence-corrected chi connectivity index (χ1v) is 7.41. The Morgan fingerprint density at radius 2 is 2.43 bits per heavy atom. The first-order chi connectivity index (χ1) is 10.3. The third kappa shape index (κ3) is 5.18. The highest BCUT2D eigenvalue weighted by atomic mass is 32.1. The van der Waals surface area contributed by atoms with Crippen LogP contribution >= 0.6 is 11.3 Å². The molecule has 0 aliphatic rings. The van der Waals surface area contributed by atoms with Gasteiger partial charge in [-0.05, 0) is 23.6 Å². The summed E-state index contributed by atoms with van der Waals surface area (Å²) in [6.07, 6.45) is 5.98. The van der Waals surface area contributed by atoms with Crippen molar-refractivity contribution in [1.29, 1.82) is 0 Å². The lowest BCUT2D eigenvalue weighted by Gasteiger charge is -2.16. The van der Waals surface area contributed by atoms with E-state index in [2.05, 4.69) is 5.32 Å². The molecule has 0 aromatic carbocycles. The SMILES string of the molecule is O=C(/C=C/c1ccoc1)NC[C@@H](OCCO)c1cccs1. The van der Waals surface area contributed by atoms with Crippen molar-refractivity contribution in [3.8, 4) is 0 Å². The Bertz CT molecular complexity index is 548. The summed E-state index contributed by atoms with van der Waals surface area (Å²) in [5.41, 5.74) is 0.830. The average molecular weight is 307 g/mol. The van der Waals surface area contributed by atoms with Crippen molar-refractivity contribution < 1.29 is 19.1 Å². The Kier molecular flexibility index (Phi) is 6.21. The van der Waals surface area contributed by atoms with Crippen molar-refractivity contribution in [3.05, 3.63) is 52.6 Å². The molecule has 0 unspecified atom stereocenters. The Hall–Kier alpha value is -1.89. The predicted octanol–water partition coefficient (Wildman–Crippen LogP) is 2.22. The lowest BCUT2D eigenvalue weighted by Crippen LogP contribution is -2.28. The highest BCUT2D eigenvalue weighted by Crippen LogP contribution is 2.21. The topological polar surface area (TPSA) is 71.7 Å². The van der Waals surface area contributed by atoms with Crippen LogP contribution in [0.3, 0.4) is 0 Å². The number of ether oxygens (including phenoxy) is 1. The smallest absolute Gasteiger partial charge is 0.244 e. The minimum absolute atomic E-state index is 0.0454. The van der Waals surface area contributed by atoms with Gasteiger partial charge in [-0.3, -0.25) is 4.79 Å². The summed E-state index contributed by atoms with van der Waals surface area (Å²) in [4.78, 5) is 12.8. The van der Waals surface area contributed by atoms with Gasteiger partial charge in [0, 0.05) is 23.1 Å². The van der Waals surface area contributed by atoms with Gasteiger partial charge in [0.2, 0.25) is 5.91 Å². The van der Waals surface area contributed by atoms with Gasteiger partial charge in [0.1, 0.15) is 6.10 Å². The van der Waals surface area contributed by atoms with E-state index in [1.54, 1.807) is 36.0 Å². The van der Waals surface area contributed by atoms with E-state index >= 15 is 0 Å². The lowest BCUT2D eigenvalue weighted by atomic mass is 10.2. The minimum atomic E-state index is -0.247. The van der Waals surface area contributed by atoms with Crippen molar-refractivity contribution in [3.63, 3.8) is 0 Å². The van der Waals surface area contributed by atoms with Crippen LogP contribution in [0.15, 0.2) is 46.6 Å². The third-order valence-electron chi connectivity index (χ3n) is 2.70. The minimum Gasteiger partial charge on any atom is -0.472 e. The number of thiophene rings is 1. The van der Waals surface area contributed by atoms with Crippen LogP contribution in [0.2, 0.25) is 0 Å². The molecule has 0 bridgehead atoms. The summed E-state index contributed by atoms with van der Waals surface area (Å²) < 4.78 is 10.5. The number of carbonyl (C=O) groups is 1. The van der Waals surface area contributed by atoms with Crippen molar-refractivity contribution in [2.45, 2.75) is 6.10 Å². The van der Waals surface area contributed by atoms with Crippen molar-refractivity contribution in [1.82, 2.24) is 5.32 Å². The van der Waals surface area contributed by atoms with E-state index in [9.17, 15) is 4.79 Å². The number of nitrogens with one attached hydrogen (secondary N) is 1. The van der Waals surface area contributed by atoms with Gasteiger partial charge in [-0.2, -0.15) is 0 Å². The van der Waals surface area contributed by atoms with Crippen LogP contribution in [0.5, 0.6) is 0 Å². The second-order valence-corrected chi connectivity index (χ2v) is 5.21. The number of rotatable bonds is 8. The van der Waals surface area contributed by atoms with Gasteiger partial charge in [0.05, 0.1) is 25.7 Å². The fourth-order valence-corrected chi connectivity index (χ4v) is 2.48. The van der Waals surface area contributed by atoms with Crippen molar-refractivity contribution >= 4 is 23.3 Å². The maximum Gasteiger partial charge on any atom is 0.244 e. The number of hydrogen-bond acceptors (Lipinski definition) is 5. The molecule has 21 heavy (non-hydrogen) atoms. The summed E-state index contributed by atoms with van der Waals surface area (Å²) in [6.45, 7) is 0.550. The fourth-order valence-electron chi connectivity index (χ4n) is 1.71. The first kappa shape index (κ1) is 15.5. The van der Waals surface area contributed by atoms with Crippen LogP contribution < -0.4 is 5.32 Å². The van der Waals surface area contributed by atoms with Crippen LogP contribution in [0.1, 0.15) is 16.5 Å². The highest BCUT2D eigenvalue weighted by molar-refractivity contribution is 7.10. The molecule has 1 atom stereocenters. The number of amides is 1. The van der Waals surface area contributed by atoms with E-state index < -0.39 is 0 Å². The van der Waals surface area contributed by atoms with Gasteiger partial charge >= 0.3 is 0 Å². The number of aliphatic hydroxyl groups is 1. The molecule has 0 aliphatic heterocycles. The molecule has 1 amide bonds. The quantitative estimate of drug-likeness (QED) is 0.734. The standard InChI is InChI=1S/C15H17NO4S/c17-6-8-20-13(14-2-1-9-21-14)10-16-15(18)4-3-12-5-7-19-11-12/h1-5,7,9,11,13,17H,6,8,10H2,(H,16,18)/b4-3+/t13-/m1/s1. The molecule has 0 saturated carbocycles. The summed E-state index contributed by atoms with van der Waals surface area (Å²) in [6, 6.07) is 5.64. The zero-order valence-electron chi connectivity index (χ0n) is 11.4. The van der Waals surface area contributed by atoms with Crippen LogP contribution in [-0.4, -0.2) is 30.8 Å². The summed E-state index contributed by atoms with van der Waals surface area (Å²) in [5.74, 6) is -0.203. The maximum absolute atomic E-state index is 11.8. The van der Waals surface area contributed by atoms with Gasteiger partial charge in [0.15, 0.2) is 0 Å². The van der Waals surface area contributed by atoms with E-state index in [0.717, 1.165) is 10.4 Å². The molecule has 0 saturated heterocycles. The van der Waals surface area contributed by atoms with E-state index in [1.807, 2.05) is 17.5 Å². The lowest BCUT2D eigenvalue weighted by molar-refractivity contribution is -0.117. The van der Waals surface area contributed by atoms with Gasteiger partial charge in [-0.15, -0.1) is 11.3 Å². The molecule has 2 N–H and O–H groups in total. The molecule has 0 aliphatic carbocycles. The molecule has 2 aromatic heterocycles. The molecule has 0 radical (unpaired) electrons.